The molecule has 4 rings (SSSR count). The van der Waals surface area contributed by atoms with Crippen LogP contribution in [0.2, 0.25) is 5.02 Å². The highest BCUT2D eigenvalue weighted by Gasteiger charge is 2.24. The van der Waals surface area contributed by atoms with E-state index in [0.29, 0.717) is 47.2 Å². The molecule has 1 unspecified atom stereocenters. The number of hydrogen-bond acceptors (Lipinski definition) is 5. The quantitative estimate of drug-likeness (QED) is 0.819. The number of carbonyl (C=O) groups is 1. The van der Waals surface area contributed by atoms with Crippen LogP contribution in [0.15, 0.2) is 41.3 Å². The fourth-order valence-electron chi connectivity index (χ4n) is 3.21. The van der Waals surface area contributed by atoms with Crippen LogP contribution in [0.4, 0.5) is 11.4 Å². The van der Waals surface area contributed by atoms with E-state index in [1.807, 2.05) is 34.9 Å². The van der Waals surface area contributed by atoms with Crippen LogP contribution in [-0.4, -0.2) is 37.5 Å². The van der Waals surface area contributed by atoms with Crippen LogP contribution in [0.1, 0.15) is 13.3 Å². The molecule has 27 heavy (non-hydrogen) atoms. The van der Waals surface area contributed by atoms with Crippen molar-refractivity contribution in [2.75, 3.05) is 36.5 Å². The lowest BCUT2D eigenvalue weighted by Gasteiger charge is -2.24. The van der Waals surface area contributed by atoms with Crippen LogP contribution < -0.4 is 19.7 Å². The van der Waals surface area contributed by atoms with Gasteiger partial charge >= 0.3 is 0 Å². The molecule has 1 amide bonds. The molecular formula is C20H21ClN2O3S. The molecule has 2 aromatic rings. The summed E-state index contributed by atoms with van der Waals surface area (Å²) in [5.41, 5.74) is 1.65. The zero-order valence-electron chi connectivity index (χ0n) is 15.0. The minimum atomic E-state index is 0.0168. The highest BCUT2D eigenvalue weighted by Crippen LogP contribution is 2.39. The van der Waals surface area contributed by atoms with E-state index in [-0.39, 0.29) is 12.5 Å². The van der Waals surface area contributed by atoms with E-state index in [2.05, 4.69) is 18.3 Å². The summed E-state index contributed by atoms with van der Waals surface area (Å²) in [5, 5.41) is 4.14. The van der Waals surface area contributed by atoms with Gasteiger partial charge in [0.15, 0.2) is 11.5 Å². The summed E-state index contributed by atoms with van der Waals surface area (Å²) in [6, 6.07) is 11.6. The van der Waals surface area contributed by atoms with Crippen LogP contribution in [0.5, 0.6) is 11.5 Å². The lowest BCUT2D eigenvalue weighted by molar-refractivity contribution is -0.117. The summed E-state index contributed by atoms with van der Waals surface area (Å²) in [5.74, 6) is 1.30. The standard InChI is InChI=1S/C20H21ClN2O3S/c1-13-6-7-23(16-4-2-3-5-19(16)27-13)20(24)12-22-15-11-18-17(10-14(15)21)25-8-9-26-18/h2-5,10-11,13,22H,6-9,12H2,1H3. The molecule has 142 valence electrons. The Hall–Kier alpha value is -2.05. The van der Waals surface area contributed by atoms with Gasteiger partial charge in [-0.1, -0.05) is 30.7 Å². The highest BCUT2D eigenvalue weighted by atomic mass is 35.5. The lowest BCUT2D eigenvalue weighted by Crippen LogP contribution is -2.36. The Morgan fingerprint density at radius 3 is 2.81 bits per heavy atom. The average molecular weight is 405 g/mol. The van der Waals surface area contributed by atoms with Crippen molar-refractivity contribution < 1.29 is 14.3 Å². The van der Waals surface area contributed by atoms with E-state index in [4.69, 9.17) is 21.1 Å². The van der Waals surface area contributed by atoms with Crippen molar-refractivity contribution >= 4 is 40.6 Å². The topological polar surface area (TPSA) is 50.8 Å². The number of benzene rings is 2. The first-order chi connectivity index (χ1) is 13.1. The second kappa shape index (κ2) is 7.90. The first-order valence-electron chi connectivity index (χ1n) is 9.01. The number of thioether (sulfide) groups is 1. The number of fused-ring (bicyclic) bond motifs is 2. The van der Waals surface area contributed by atoms with Gasteiger partial charge in [0.2, 0.25) is 5.91 Å². The van der Waals surface area contributed by atoms with Gasteiger partial charge in [-0.15, -0.1) is 11.8 Å². The molecule has 2 heterocycles. The third kappa shape index (κ3) is 3.96. The molecule has 0 aromatic heterocycles. The largest absolute Gasteiger partial charge is 0.486 e. The Bertz CT molecular complexity index is 861. The van der Waals surface area contributed by atoms with Crippen LogP contribution in [0.3, 0.4) is 0 Å². The molecule has 0 radical (unpaired) electrons. The zero-order chi connectivity index (χ0) is 18.8. The lowest BCUT2D eigenvalue weighted by atomic mass is 10.2. The van der Waals surface area contributed by atoms with Gasteiger partial charge in [0.1, 0.15) is 13.2 Å². The second-order valence-corrected chi connectivity index (χ2v) is 8.45. The Kier molecular flexibility index (Phi) is 5.36. The predicted octanol–water partition coefficient (Wildman–Crippen LogP) is 4.44. The molecule has 0 fully saturated rings. The molecule has 1 N–H and O–H groups in total. The maximum absolute atomic E-state index is 12.9. The van der Waals surface area contributed by atoms with E-state index in [0.717, 1.165) is 17.0 Å². The van der Waals surface area contributed by atoms with Gasteiger partial charge in [-0.25, -0.2) is 0 Å². The number of anilines is 2. The molecule has 1 atom stereocenters. The number of hydrogen-bond donors (Lipinski definition) is 1. The van der Waals surface area contributed by atoms with E-state index in [9.17, 15) is 4.79 Å². The van der Waals surface area contributed by atoms with Crippen molar-refractivity contribution in [3.8, 4) is 11.5 Å². The van der Waals surface area contributed by atoms with Crippen molar-refractivity contribution in [3.05, 3.63) is 41.4 Å². The van der Waals surface area contributed by atoms with Gasteiger partial charge in [-0.3, -0.25) is 4.79 Å². The fourth-order valence-corrected chi connectivity index (χ4v) is 4.54. The van der Waals surface area contributed by atoms with E-state index < -0.39 is 0 Å². The van der Waals surface area contributed by atoms with Gasteiger partial charge < -0.3 is 19.7 Å². The van der Waals surface area contributed by atoms with Gasteiger partial charge in [0, 0.05) is 28.8 Å². The summed E-state index contributed by atoms with van der Waals surface area (Å²) in [6.45, 7) is 4.09. The SMILES string of the molecule is CC1CCN(C(=O)CNc2cc3c(cc2Cl)OCCO3)c2ccccc2S1. The Morgan fingerprint density at radius 2 is 2.00 bits per heavy atom. The summed E-state index contributed by atoms with van der Waals surface area (Å²) in [7, 11) is 0. The molecule has 2 aromatic carbocycles. The fraction of sp³-hybridized carbons (Fsp3) is 0.350. The van der Waals surface area contributed by atoms with Crippen molar-refractivity contribution in [3.63, 3.8) is 0 Å². The van der Waals surface area contributed by atoms with Crippen molar-refractivity contribution in [2.45, 2.75) is 23.5 Å². The van der Waals surface area contributed by atoms with Crippen molar-refractivity contribution in [1.82, 2.24) is 0 Å². The molecule has 0 bridgehead atoms. The third-order valence-electron chi connectivity index (χ3n) is 4.61. The van der Waals surface area contributed by atoms with Gasteiger partial charge in [0.05, 0.1) is 22.9 Å². The number of ether oxygens (including phenoxy) is 2. The second-order valence-electron chi connectivity index (χ2n) is 6.56. The van der Waals surface area contributed by atoms with Crippen molar-refractivity contribution in [2.24, 2.45) is 0 Å². The van der Waals surface area contributed by atoms with Crippen LogP contribution in [0, 0.1) is 0 Å². The number of rotatable bonds is 3. The molecule has 0 aliphatic carbocycles. The highest BCUT2D eigenvalue weighted by molar-refractivity contribution is 8.00. The van der Waals surface area contributed by atoms with E-state index >= 15 is 0 Å². The van der Waals surface area contributed by atoms with Gasteiger partial charge in [-0.2, -0.15) is 0 Å². The molecule has 0 saturated heterocycles. The Morgan fingerprint density at radius 1 is 1.26 bits per heavy atom. The first-order valence-corrected chi connectivity index (χ1v) is 10.3. The molecule has 2 aliphatic rings. The number of para-hydroxylation sites is 1. The summed E-state index contributed by atoms with van der Waals surface area (Å²) in [4.78, 5) is 16.0. The zero-order valence-corrected chi connectivity index (χ0v) is 16.6. The normalized spacial score (nSPS) is 18.4. The van der Waals surface area contributed by atoms with Crippen molar-refractivity contribution in [1.29, 1.82) is 0 Å². The van der Waals surface area contributed by atoms with E-state index in [1.54, 1.807) is 12.1 Å². The summed E-state index contributed by atoms with van der Waals surface area (Å²) < 4.78 is 11.1. The molecule has 2 aliphatic heterocycles. The number of halogens is 1. The maximum atomic E-state index is 12.9. The first kappa shape index (κ1) is 18.3. The number of nitrogens with zero attached hydrogens (tertiary/aromatic N) is 1. The number of nitrogens with one attached hydrogen (secondary N) is 1. The summed E-state index contributed by atoms with van der Waals surface area (Å²) >= 11 is 8.15. The van der Waals surface area contributed by atoms with Crippen LogP contribution in [0.25, 0.3) is 0 Å². The van der Waals surface area contributed by atoms with Crippen LogP contribution in [-0.2, 0) is 4.79 Å². The average Bonchev–Trinajstić information content (AvgIpc) is 2.84. The van der Waals surface area contributed by atoms with E-state index in [1.165, 1.54) is 0 Å². The summed E-state index contributed by atoms with van der Waals surface area (Å²) in [6.07, 6.45) is 0.954. The molecule has 0 saturated carbocycles. The van der Waals surface area contributed by atoms with Crippen LogP contribution >= 0.6 is 23.4 Å². The van der Waals surface area contributed by atoms with Gasteiger partial charge in [-0.05, 0) is 18.6 Å². The number of carbonyl (C=O) groups excluding carboxylic acids is 1. The minimum absolute atomic E-state index is 0.0168. The molecule has 0 spiro atoms. The Balaban J connectivity index is 1.50. The molecule has 5 nitrogen and oxygen atoms in total. The monoisotopic (exact) mass is 404 g/mol. The predicted molar refractivity (Wildman–Crippen MR) is 110 cm³/mol. The number of amides is 1. The molecular weight excluding hydrogens is 384 g/mol. The Labute approximate surface area is 168 Å². The smallest absolute Gasteiger partial charge is 0.246 e. The van der Waals surface area contributed by atoms with Gasteiger partial charge in [0.25, 0.3) is 0 Å². The third-order valence-corrected chi connectivity index (χ3v) is 6.16. The minimum Gasteiger partial charge on any atom is -0.486 e. The molecule has 7 heteroatoms. The maximum Gasteiger partial charge on any atom is 0.246 e.